The average molecular weight is 139 g/mol. The Bertz CT molecular complexity index is 127. The van der Waals surface area contributed by atoms with Crippen LogP contribution in [-0.2, 0) is 0 Å². The lowest BCUT2D eigenvalue weighted by molar-refractivity contribution is 0.598. The van der Waals surface area contributed by atoms with Gasteiger partial charge in [-0.25, -0.2) is 0 Å². The van der Waals surface area contributed by atoms with Crippen molar-refractivity contribution in [1.29, 1.82) is 0 Å². The van der Waals surface area contributed by atoms with Crippen LogP contribution in [0.2, 0.25) is 0 Å². The third-order valence-electron chi connectivity index (χ3n) is 2.20. The maximum absolute atomic E-state index is 3.25. The smallest absolute Gasteiger partial charge is 0.00729 e. The molecule has 0 radical (unpaired) electrons. The fourth-order valence-corrected chi connectivity index (χ4v) is 1.42. The molecule has 1 aliphatic rings. The lowest BCUT2D eigenvalue weighted by Gasteiger charge is -2.09. The van der Waals surface area contributed by atoms with E-state index < -0.39 is 0 Å². The molecular weight excluding hydrogens is 122 g/mol. The number of hydrogen-bond acceptors (Lipinski definition) is 1. The summed E-state index contributed by atoms with van der Waals surface area (Å²) in [5.41, 5.74) is 1.65. The summed E-state index contributed by atoms with van der Waals surface area (Å²) < 4.78 is 0. The molecule has 0 aromatic rings. The van der Waals surface area contributed by atoms with Gasteiger partial charge in [-0.05, 0) is 39.7 Å². The summed E-state index contributed by atoms with van der Waals surface area (Å²) in [6.07, 6.45) is 7.67. The number of rotatable bonds is 3. The zero-order valence-corrected chi connectivity index (χ0v) is 6.98. The molecule has 1 N–H and O–H groups in total. The van der Waals surface area contributed by atoms with Crippen LogP contribution in [0, 0.1) is 0 Å². The highest BCUT2D eigenvalue weighted by Gasteiger charge is 2.06. The van der Waals surface area contributed by atoms with Crippen molar-refractivity contribution in [2.24, 2.45) is 0 Å². The van der Waals surface area contributed by atoms with Crippen LogP contribution in [0.15, 0.2) is 11.6 Å². The summed E-state index contributed by atoms with van der Waals surface area (Å²) in [6.45, 7) is 2.24. The Morgan fingerprint density at radius 2 is 2.50 bits per heavy atom. The normalized spacial score (nSPS) is 20.8. The van der Waals surface area contributed by atoms with Gasteiger partial charge in [0.05, 0.1) is 0 Å². The van der Waals surface area contributed by atoms with Crippen molar-refractivity contribution in [2.75, 3.05) is 7.05 Å². The fraction of sp³-hybridized carbons (Fsp3) is 0.778. The topological polar surface area (TPSA) is 12.0 Å². The molecule has 1 unspecified atom stereocenters. The molecule has 0 bridgehead atoms. The Morgan fingerprint density at radius 3 is 3.00 bits per heavy atom. The SMILES string of the molecule is CNC(C)CC1=CCCC1. The number of hydrogen-bond donors (Lipinski definition) is 1. The summed E-state index contributed by atoms with van der Waals surface area (Å²) >= 11 is 0. The molecule has 0 amide bonds. The predicted molar refractivity (Wildman–Crippen MR) is 45.1 cm³/mol. The average Bonchev–Trinajstić information content (AvgIpc) is 2.40. The summed E-state index contributed by atoms with van der Waals surface area (Å²) in [5, 5.41) is 3.25. The maximum atomic E-state index is 3.25. The largest absolute Gasteiger partial charge is 0.317 e. The second-order valence-electron chi connectivity index (χ2n) is 3.15. The Morgan fingerprint density at radius 1 is 1.70 bits per heavy atom. The zero-order chi connectivity index (χ0) is 7.40. The van der Waals surface area contributed by atoms with E-state index in [-0.39, 0.29) is 0 Å². The zero-order valence-electron chi connectivity index (χ0n) is 6.98. The number of nitrogens with one attached hydrogen (secondary N) is 1. The Hall–Kier alpha value is -0.300. The molecule has 0 heterocycles. The van der Waals surface area contributed by atoms with Crippen LogP contribution in [0.5, 0.6) is 0 Å². The molecule has 1 nitrogen and oxygen atoms in total. The van der Waals surface area contributed by atoms with E-state index in [9.17, 15) is 0 Å². The minimum atomic E-state index is 0.657. The van der Waals surface area contributed by atoms with Crippen LogP contribution in [0.4, 0.5) is 0 Å². The minimum Gasteiger partial charge on any atom is -0.317 e. The van der Waals surface area contributed by atoms with Gasteiger partial charge in [-0.1, -0.05) is 11.6 Å². The van der Waals surface area contributed by atoms with Crippen LogP contribution >= 0.6 is 0 Å². The lowest BCUT2D eigenvalue weighted by atomic mass is 10.1. The summed E-state index contributed by atoms with van der Waals surface area (Å²) in [6, 6.07) is 0.657. The molecule has 0 fully saturated rings. The Labute approximate surface area is 63.5 Å². The minimum absolute atomic E-state index is 0.657. The van der Waals surface area contributed by atoms with Crippen LogP contribution in [-0.4, -0.2) is 13.1 Å². The highest BCUT2D eigenvalue weighted by atomic mass is 14.8. The molecule has 10 heavy (non-hydrogen) atoms. The van der Waals surface area contributed by atoms with Crippen molar-refractivity contribution in [2.45, 2.75) is 38.6 Å². The van der Waals surface area contributed by atoms with Crippen LogP contribution in [0.3, 0.4) is 0 Å². The molecule has 0 saturated heterocycles. The first-order valence-electron chi connectivity index (χ1n) is 4.18. The van der Waals surface area contributed by atoms with E-state index in [1.807, 2.05) is 7.05 Å². The highest BCUT2D eigenvalue weighted by molar-refractivity contribution is 5.08. The first-order valence-corrected chi connectivity index (χ1v) is 4.18. The van der Waals surface area contributed by atoms with Gasteiger partial charge in [0.2, 0.25) is 0 Å². The van der Waals surface area contributed by atoms with Crippen LogP contribution in [0.1, 0.15) is 32.6 Å². The second kappa shape index (κ2) is 3.77. The maximum Gasteiger partial charge on any atom is 0.00729 e. The van der Waals surface area contributed by atoms with Crippen LogP contribution in [0.25, 0.3) is 0 Å². The van der Waals surface area contributed by atoms with Gasteiger partial charge < -0.3 is 5.32 Å². The van der Waals surface area contributed by atoms with Gasteiger partial charge in [0, 0.05) is 6.04 Å². The molecular formula is C9H17N. The standard InChI is InChI=1S/C9H17N/c1-8(10-2)7-9-5-3-4-6-9/h5,8,10H,3-4,6-7H2,1-2H3. The molecule has 1 atom stereocenters. The lowest BCUT2D eigenvalue weighted by Crippen LogP contribution is -2.21. The molecule has 0 saturated carbocycles. The van der Waals surface area contributed by atoms with E-state index in [2.05, 4.69) is 18.3 Å². The quantitative estimate of drug-likeness (QED) is 0.590. The van der Waals surface area contributed by atoms with Crippen molar-refractivity contribution in [3.63, 3.8) is 0 Å². The summed E-state index contributed by atoms with van der Waals surface area (Å²) in [7, 11) is 2.03. The van der Waals surface area contributed by atoms with Gasteiger partial charge in [-0.2, -0.15) is 0 Å². The molecule has 0 aromatic heterocycles. The van der Waals surface area contributed by atoms with Crippen molar-refractivity contribution >= 4 is 0 Å². The van der Waals surface area contributed by atoms with Gasteiger partial charge >= 0.3 is 0 Å². The monoisotopic (exact) mass is 139 g/mol. The highest BCUT2D eigenvalue weighted by Crippen LogP contribution is 2.21. The van der Waals surface area contributed by atoms with E-state index in [4.69, 9.17) is 0 Å². The van der Waals surface area contributed by atoms with E-state index in [1.54, 1.807) is 5.57 Å². The van der Waals surface area contributed by atoms with Gasteiger partial charge in [0.1, 0.15) is 0 Å². The Kier molecular flexibility index (Phi) is 2.94. The fourth-order valence-electron chi connectivity index (χ4n) is 1.42. The predicted octanol–water partition coefficient (Wildman–Crippen LogP) is 2.09. The second-order valence-corrected chi connectivity index (χ2v) is 3.15. The van der Waals surface area contributed by atoms with Gasteiger partial charge in [0.25, 0.3) is 0 Å². The first kappa shape index (κ1) is 7.80. The molecule has 0 spiro atoms. The molecule has 0 aliphatic heterocycles. The van der Waals surface area contributed by atoms with E-state index in [0.29, 0.717) is 6.04 Å². The molecule has 58 valence electrons. The molecule has 1 rings (SSSR count). The van der Waals surface area contributed by atoms with E-state index in [1.165, 1.54) is 25.7 Å². The third-order valence-corrected chi connectivity index (χ3v) is 2.20. The summed E-state index contributed by atoms with van der Waals surface area (Å²) in [4.78, 5) is 0. The summed E-state index contributed by atoms with van der Waals surface area (Å²) in [5.74, 6) is 0. The van der Waals surface area contributed by atoms with Crippen molar-refractivity contribution in [3.05, 3.63) is 11.6 Å². The van der Waals surface area contributed by atoms with Crippen molar-refractivity contribution in [3.8, 4) is 0 Å². The van der Waals surface area contributed by atoms with Crippen molar-refractivity contribution in [1.82, 2.24) is 5.32 Å². The molecule has 1 heteroatoms. The van der Waals surface area contributed by atoms with E-state index >= 15 is 0 Å². The number of allylic oxidation sites excluding steroid dienone is 1. The molecule has 0 aromatic carbocycles. The van der Waals surface area contributed by atoms with Crippen molar-refractivity contribution < 1.29 is 0 Å². The van der Waals surface area contributed by atoms with Gasteiger partial charge in [-0.3, -0.25) is 0 Å². The Balaban J connectivity index is 2.23. The first-order chi connectivity index (χ1) is 4.83. The van der Waals surface area contributed by atoms with E-state index in [0.717, 1.165) is 0 Å². The van der Waals surface area contributed by atoms with Gasteiger partial charge in [0.15, 0.2) is 0 Å². The third kappa shape index (κ3) is 2.14. The molecule has 1 aliphatic carbocycles. The van der Waals surface area contributed by atoms with Crippen LogP contribution < -0.4 is 5.32 Å². The van der Waals surface area contributed by atoms with Gasteiger partial charge in [-0.15, -0.1) is 0 Å².